The molecule has 0 bridgehead atoms. The number of ketones is 1. The first-order valence-electron chi connectivity index (χ1n) is 13.7. The lowest BCUT2D eigenvalue weighted by Crippen LogP contribution is -2.16. The average Bonchev–Trinajstić information content (AvgIpc) is 3.54. The van der Waals surface area contributed by atoms with Gasteiger partial charge in [-0.05, 0) is 65.7 Å². The van der Waals surface area contributed by atoms with Crippen molar-refractivity contribution in [3.63, 3.8) is 0 Å². The topological polar surface area (TPSA) is 161 Å². The van der Waals surface area contributed by atoms with Crippen molar-refractivity contribution in [2.24, 2.45) is 0 Å². The van der Waals surface area contributed by atoms with Gasteiger partial charge in [0.1, 0.15) is 57.7 Å². The molecule has 2 heterocycles. The van der Waals surface area contributed by atoms with Crippen LogP contribution in [0.5, 0.6) is 40.2 Å². The molecule has 0 saturated carbocycles. The van der Waals surface area contributed by atoms with Gasteiger partial charge in [0.15, 0.2) is 5.78 Å². The van der Waals surface area contributed by atoms with Crippen LogP contribution in [0, 0.1) is 0 Å². The fourth-order valence-electron chi connectivity index (χ4n) is 6.56. The van der Waals surface area contributed by atoms with Gasteiger partial charge in [0.05, 0.1) is 11.5 Å². The summed E-state index contributed by atoms with van der Waals surface area (Å²) < 4.78 is 12.9. The van der Waals surface area contributed by atoms with Gasteiger partial charge in [0.25, 0.3) is 0 Å². The van der Waals surface area contributed by atoms with Crippen molar-refractivity contribution in [1.82, 2.24) is 0 Å². The Morgan fingerprint density at radius 3 is 1.91 bits per heavy atom. The van der Waals surface area contributed by atoms with Gasteiger partial charge in [-0.15, -0.1) is 0 Å². The standard InChI is InChI=1S/C35H22O9/c36-18-5-1-15(2-6-18)34-27(17-9-20(38)11-21(39)10-17)30-25(43-34)14-26-31-29(35(44-26)16-3-7-19(37)8-4-16)23-12-22(40)13-24(41)28(23)33(42)32(30)31/h1-14,27,34,36-41H. The number of rotatable bonds is 3. The van der Waals surface area contributed by atoms with Crippen LogP contribution < -0.4 is 4.74 Å². The maximum absolute atomic E-state index is 14.5. The van der Waals surface area contributed by atoms with Crippen LogP contribution in [0.3, 0.4) is 0 Å². The third-order valence-corrected chi connectivity index (χ3v) is 8.31. The quantitative estimate of drug-likeness (QED) is 0.131. The molecule has 0 spiro atoms. The van der Waals surface area contributed by atoms with E-state index in [0.717, 1.165) is 6.07 Å². The van der Waals surface area contributed by atoms with Crippen molar-refractivity contribution in [3.05, 3.63) is 113 Å². The molecule has 2 atom stereocenters. The van der Waals surface area contributed by atoms with Crippen molar-refractivity contribution >= 4 is 16.8 Å². The summed E-state index contributed by atoms with van der Waals surface area (Å²) in [6, 6.07) is 21.1. The summed E-state index contributed by atoms with van der Waals surface area (Å²) >= 11 is 0. The van der Waals surface area contributed by atoms with E-state index in [9.17, 15) is 35.4 Å². The summed E-state index contributed by atoms with van der Waals surface area (Å²) in [4.78, 5) is 14.5. The minimum atomic E-state index is -0.739. The van der Waals surface area contributed by atoms with Crippen LogP contribution in [-0.4, -0.2) is 36.4 Å². The molecule has 6 aromatic rings. The molecule has 9 nitrogen and oxygen atoms in total. The minimum Gasteiger partial charge on any atom is -0.508 e. The molecule has 1 aliphatic heterocycles. The van der Waals surface area contributed by atoms with Gasteiger partial charge in [0, 0.05) is 51.4 Å². The van der Waals surface area contributed by atoms with Crippen molar-refractivity contribution in [2.75, 3.05) is 0 Å². The second-order valence-electron chi connectivity index (χ2n) is 11.0. The fourth-order valence-corrected chi connectivity index (χ4v) is 6.56. The molecule has 8 rings (SSSR count). The monoisotopic (exact) mass is 586 g/mol. The number of fused-ring (bicyclic) bond motifs is 4. The first kappa shape index (κ1) is 25.6. The Morgan fingerprint density at radius 2 is 1.23 bits per heavy atom. The molecule has 1 aliphatic carbocycles. The number of furan rings is 1. The predicted octanol–water partition coefficient (Wildman–Crippen LogP) is 6.81. The zero-order valence-electron chi connectivity index (χ0n) is 22.6. The Kier molecular flexibility index (Phi) is 5.21. The predicted molar refractivity (Wildman–Crippen MR) is 159 cm³/mol. The first-order valence-corrected chi connectivity index (χ1v) is 13.7. The van der Waals surface area contributed by atoms with Crippen LogP contribution in [0.25, 0.3) is 33.4 Å². The highest BCUT2D eigenvalue weighted by Gasteiger charge is 2.45. The van der Waals surface area contributed by atoms with E-state index in [1.54, 1.807) is 30.3 Å². The van der Waals surface area contributed by atoms with E-state index in [1.807, 2.05) is 0 Å². The van der Waals surface area contributed by atoms with Gasteiger partial charge in [-0.25, -0.2) is 0 Å². The van der Waals surface area contributed by atoms with E-state index in [0.29, 0.717) is 50.3 Å². The van der Waals surface area contributed by atoms with E-state index >= 15 is 0 Å². The van der Waals surface area contributed by atoms with Crippen molar-refractivity contribution in [1.29, 1.82) is 0 Å². The van der Waals surface area contributed by atoms with E-state index in [1.165, 1.54) is 48.5 Å². The summed E-state index contributed by atoms with van der Waals surface area (Å²) in [7, 11) is 0. The van der Waals surface area contributed by atoms with Crippen molar-refractivity contribution in [2.45, 2.75) is 12.0 Å². The molecule has 44 heavy (non-hydrogen) atoms. The molecule has 216 valence electrons. The van der Waals surface area contributed by atoms with Gasteiger partial charge >= 0.3 is 0 Å². The highest BCUT2D eigenvalue weighted by atomic mass is 16.5. The van der Waals surface area contributed by atoms with E-state index in [4.69, 9.17) is 9.15 Å². The average molecular weight is 587 g/mol. The van der Waals surface area contributed by atoms with Gasteiger partial charge < -0.3 is 39.8 Å². The molecular formula is C35H22O9. The number of hydrogen-bond acceptors (Lipinski definition) is 9. The molecule has 0 radical (unpaired) electrons. The van der Waals surface area contributed by atoms with Gasteiger partial charge in [-0.1, -0.05) is 12.1 Å². The molecule has 6 N–H and O–H groups in total. The number of carbonyl (C=O) groups excluding carboxylic acids is 1. The van der Waals surface area contributed by atoms with Crippen LogP contribution in [0.15, 0.2) is 89.3 Å². The Morgan fingerprint density at radius 1 is 0.591 bits per heavy atom. The summed E-state index contributed by atoms with van der Waals surface area (Å²) in [5, 5.41) is 62.7. The summed E-state index contributed by atoms with van der Waals surface area (Å²) in [6.07, 6.45) is -0.739. The lowest BCUT2D eigenvalue weighted by molar-refractivity contribution is 0.103. The molecule has 1 aromatic heterocycles. The molecule has 5 aromatic carbocycles. The second-order valence-corrected chi connectivity index (χ2v) is 11.0. The van der Waals surface area contributed by atoms with Crippen molar-refractivity contribution < 1.29 is 44.6 Å². The summed E-state index contributed by atoms with van der Waals surface area (Å²) in [6.45, 7) is 0. The van der Waals surface area contributed by atoms with E-state index in [2.05, 4.69) is 0 Å². The molecule has 0 fully saturated rings. The number of aromatic hydroxyl groups is 6. The molecule has 0 saturated heterocycles. The molecule has 0 amide bonds. The zero-order valence-corrected chi connectivity index (χ0v) is 22.6. The molecule has 2 unspecified atom stereocenters. The van der Waals surface area contributed by atoms with E-state index in [-0.39, 0.29) is 45.4 Å². The van der Waals surface area contributed by atoms with Gasteiger partial charge in [0.2, 0.25) is 0 Å². The third-order valence-electron chi connectivity index (χ3n) is 8.31. The van der Waals surface area contributed by atoms with E-state index < -0.39 is 23.6 Å². The SMILES string of the molecule is O=C1c2c(O)cc(O)cc2-c2c(-c3ccc(O)cc3)oc3cc4c(c1c23)C(c1cc(O)cc(O)c1)C(c1ccc(O)cc1)O4. The largest absolute Gasteiger partial charge is 0.508 e. The molecule has 2 aliphatic rings. The highest BCUT2D eigenvalue weighted by molar-refractivity contribution is 6.29. The Balaban J connectivity index is 1.48. The van der Waals surface area contributed by atoms with Crippen LogP contribution in [-0.2, 0) is 0 Å². The summed E-state index contributed by atoms with van der Waals surface area (Å²) in [5.74, 6) is -1.49. The third kappa shape index (κ3) is 3.62. The van der Waals surface area contributed by atoms with Crippen LogP contribution in [0.4, 0.5) is 0 Å². The maximum atomic E-state index is 14.5. The molecular weight excluding hydrogens is 564 g/mol. The number of hydrogen-bond donors (Lipinski definition) is 6. The first-order chi connectivity index (χ1) is 21.2. The van der Waals surface area contributed by atoms with Crippen LogP contribution >= 0.6 is 0 Å². The maximum Gasteiger partial charge on any atom is 0.198 e. The normalized spacial score (nSPS) is 16.5. The Labute approximate surface area is 248 Å². The van der Waals surface area contributed by atoms with Gasteiger partial charge in [-0.3, -0.25) is 4.79 Å². The number of ether oxygens (including phenoxy) is 1. The van der Waals surface area contributed by atoms with Crippen LogP contribution in [0.1, 0.15) is 44.6 Å². The second kappa shape index (κ2) is 8.95. The smallest absolute Gasteiger partial charge is 0.198 e. The number of phenolic OH excluding ortho intramolecular Hbond substituents is 6. The highest BCUT2D eigenvalue weighted by Crippen LogP contribution is 2.58. The zero-order chi connectivity index (χ0) is 30.4. The Hall–Kier alpha value is -6.09. The lowest BCUT2D eigenvalue weighted by Gasteiger charge is -2.24. The fraction of sp³-hybridized carbons (Fsp3) is 0.0571. The van der Waals surface area contributed by atoms with Gasteiger partial charge in [-0.2, -0.15) is 0 Å². The Bertz CT molecular complexity index is 2160. The summed E-state index contributed by atoms with van der Waals surface area (Å²) in [5.41, 5.74) is 3.42. The van der Waals surface area contributed by atoms with Crippen molar-refractivity contribution in [3.8, 4) is 62.7 Å². The molecule has 9 heteroatoms. The number of benzene rings is 5. The number of phenols is 6. The lowest BCUT2D eigenvalue weighted by atomic mass is 9.76. The minimum absolute atomic E-state index is 0.0305. The number of carbonyl (C=O) groups is 1. The van der Waals surface area contributed by atoms with Crippen LogP contribution in [0.2, 0.25) is 0 Å².